The van der Waals surface area contributed by atoms with Crippen LogP contribution < -0.4 is 26.1 Å². The van der Waals surface area contributed by atoms with Crippen LogP contribution in [0.15, 0.2) is 140 Å². The number of rotatable bonds is 4. The molecule has 2 aliphatic heterocycles. The van der Waals surface area contributed by atoms with Gasteiger partial charge in [0.05, 0.1) is 0 Å². The molecule has 3 nitrogen and oxygen atoms in total. The molecule has 2 aromatic heterocycles. The van der Waals surface area contributed by atoms with Crippen molar-refractivity contribution in [2.45, 2.75) is 30.2 Å². The van der Waals surface area contributed by atoms with Gasteiger partial charge in [-0.15, -0.1) is 0 Å². The number of aromatic nitrogens is 2. The fraction of sp³-hybridized carbons (Fsp3) is 0.125. The molecule has 0 fully saturated rings. The van der Waals surface area contributed by atoms with Gasteiger partial charge in [0, 0.05) is 0 Å². The normalized spacial score (nSPS) is 18.3. The van der Waals surface area contributed by atoms with E-state index in [-0.39, 0.29) is 3.55 Å². The van der Waals surface area contributed by atoms with E-state index in [0.717, 1.165) is 24.0 Å². The Morgan fingerprint density at radius 2 is 1.30 bits per heavy atom. The Bertz CT molecular complexity index is 2120. The van der Waals surface area contributed by atoms with Crippen LogP contribution in [-0.4, -0.2) is 0 Å². The standard InChI is InChI=1S/C40H33IN3/c1-3-40(4-2)41(37-21-20-32(30-14-6-5-7-15-30)26-35(37)38-19-10-11-23-44(38)41)36-18-9-8-17-34(36)39-27-33(22-24-43(39)40)31-16-12-13-29(25-31)28-42/h5-27H,3-4H2,1-2H3/q+1. The molecule has 8 rings (SSSR count). The quantitative estimate of drug-likeness (QED) is 0.142. The van der Waals surface area contributed by atoms with Crippen molar-refractivity contribution in [3.8, 4) is 50.8 Å². The first kappa shape index (κ1) is 27.0. The number of hydrogen-bond donors (Lipinski definition) is 0. The first-order chi connectivity index (χ1) is 21.7. The van der Waals surface area contributed by atoms with Crippen LogP contribution >= 0.6 is 0 Å². The average Bonchev–Trinajstić information content (AvgIpc) is 3.40. The van der Waals surface area contributed by atoms with Gasteiger partial charge >= 0.3 is 265 Å². The number of alkyl halides is 1. The first-order valence-corrected chi connectivity index (χ1v) is 19.5. The average molecular weight is 683 g/mol. The number of nitriles is 1. The minimum atomic E-state index is -3.38. The Balaban J connectivity index is 1.45. The van der Waals surface area contributed by atoms with Crippen LogP contribution in [0.25, 0.3) is 44.8 Å². The van der Waals surface area contributed by atoms with E-state index in [0.29, 0.717) is 5.56 Å². The summed E-state index contributed by atoms with van der Waals surface area (Å²) in [5.74, 6) is 0. The van der Waals surface area contributed by atoms with Crippen LogP contribution in [0.4, 0.5) is 0 Å². The van der Waals surface area contributed by atoms with E-state index in [9.17, 15) is 5.26 Å². The molecule has 0 saturated heterocycles. The molecule has 214 valence electrons. The number of halogens is 1. The Kier molecular flexibility index (Phi) is 6.28. The van der Waals surface area contributed by atoms with E-state index in [2.05, 4.69) is 149 Å². The molecule has 0 radical (unpaired) electrons. The number of pyridine rings is 2. The molecule has 0 amide bonds. The molecular formula is C40H33IN3+. The van der Waals surface area contributed by atoms with E-state index < -0.39 is 18.7 Å². The van der Waals surface area contributed by atoms with Gasteiger partial charge in [-0.1, -0.05) is 0 Å². The van der Waals surface area contributed by atoms with Gasteiger partial charge in [0.25, 0.3) is 0 Å². The molecule has 1 atom stereocenters. The van der Waals surface area contributed by atoms with E-state index in [1.807, 2.05) is 18.2 Å². The predicted molar refractivity (Wildman–Crippen MR) is 171 cm³/mol. The van der Waals surface area contributed by atoms with Crippen LogP contribution in [0.5, 0.6) is 0 Å². The van der Waals surface area contributed by atoms with E-state index >= 15 is 0 Å². The third-order valence-corrected chi connectivity index (χ3v) is 22.1. The van der Waals surface area contributed by atoms with Crippen molar-refractivity contribution in [3.63, 3.8) is 0 Å². The Morgan fingerprint density at radius 1 is 0.591 bits per heavy atom. The summed E-state index contributed by atoms with van der Waals surface area (Å²) in [7, 11) is 0. The summed E-state index contributed by atoms with van der Waals surface area (Å²) < 4.78 is 8.33. The first-order valence-electron chi connectivity index (χ1n) is 15.3. The molecule has 0 N–H and O–H groups in total. The molecule has 1 spiro atoms. The number of fused-ring (bicyclic) bond motifs is 9. The van der Waals surface area contributed by atoms with Crippen molar-refractivity contribution in [1.29, 1.82) is 5.26 Å². The zero-order chi connectivity index (χ0) is 29.9. The number of benzene rings is 4. The van der Waals surface area contributed by atoms with E-state index in [1.54, 1.807) is 0 Å². The fourth-order valence-corrected chi connectivity index (χ4v) is 21.6. The monoisotopic (exact) mass is 682 g/mol. The van der Waals surface area contributed by atoms with Gasteiger partial charge in [-0.3, -0.25) is 0 Å². The van der Waals surface area contributed by atoms with Crippen LogP contribution in [0.3, 0.4) is 0 Å². The summed E-state index contributed by atoms with van der Waals surface area (Å²) in [5, 5.41) is 9.57. The Labute approximate surface area is 263 Å². The maximum atomic E-state index is 9.57. The summed E-state index contributed by atoms with van der Waals surface area (Å²) in [4.78, 5) is 0. The van der Waals surface area contributed by atoms with Gasteiger partial charge in [-0.2, -0.15) is 0 Å². The molecular weight excluding hydrogens is 649 g/mol. The van der Waals surface area contributed by atoms with Gasteiger partial charge < -0.3 is 0 Å². The Morgan fingerprint density at radius 3 is 2.11 bits per heavy atom. The van der Waals surface area contributed by atoms with Crippen molar-refractivity contribution in [1.82, 2.24) is 0 Å². The summed E-state index contributed by atoms with van der Waals surface area (Å²) >= 11 is -3.38. The van der Waals surface area contributed by atoms with E-state index in [4.69, 9.17) is 0 Å². The molecule has 0 bridgehead atoms. The molecule has 0 aliphatic carbocycles. The molecule has 1 unspecified atom stereocenters. The molecule has 44 heavy (non-hydrogen) atoms. The molecule has 4 heterocycles. The van der Waals surface area contributed by atoms with Gasteiger partial charge in [-0.05, 0) is 0 Å². The van der Waals surface area contributed by atoms with Crippen molar-refractivity contribution in [2.75, 3.05) is 0 Å². The van der Waals surface area contributed by atoms with Crippen molar-refractivity contribution in [2.24, 2.45) is 0 Å². The topological polar surface area (TPSA) is 31.5 Å². The molecule has 6 aromatic rings. The summed E-state index contributed by atoms with van der Waals surface area (Å²) in [6.45, 7) is 4.78. The Hall–Kier alpha value is -4.60. The SMILES string of the molecule is CCC1(CC)[n+]2ccc(-c3cccc(C#N)c3)cc2-c2ccccc2[I-]12c1ccc(-c3ccccc3)cc1-c1cccc[n+]12. The third kappa shape index (κ3) is 3.53. The van der Waals surface area contributed by atoms with Crippen molar-refractivity contribution >= 4 is 0 Å². The van der Waals surface area contributed by atoms with Gasteiger partial charge in [0.1, 0.15) is 0 Å². The van der Waals surface area contributed by atoms with Gasteiger partial charge in [0.2, 0.25) is 0 Å². The van der Waals surface area contributed by atoms with Gasteiger partial charge in [-0.25, -0.2) is 0 Å². The molecule has 4 heteroatoms. The minimum absolute atomic E-state index is 0.108. The summed E-state index contributed by atoms with van der Waals surface area (Å²) in [6.07, 6.45) is 6.77. The third-order valence-electron chi connectivity index (χ3n) is 9.48. The number of nitrogens with zero attached hydrogens (tertiary/aromatic N) is 3. The number of hydrogen-bond acceptors (Lipinski definition) is 1. The molecule has 4 aromatic carbocycles. The fourth-order valence-electron chi connectivity index (χ4n) is 7.50. The second-order valence-electron chi connectivity index (χ2n) is 11.5. The maximum absolute atomic E-state index is 9.57. The summed E-state index contributed by atoms with van der Waals surface area (Å²) in [5.41, 5.74) is 10.7. The predicted octanol–water partition coefficient (Wildman–Crippen LogP) is 5.26. The molecule has 2 aliphatic rings. The zero-order valence-corrected chi connectivity index (χ0v) is 27.1. The van der Waals surface area contributed by atoms with E-state index in [1.165, 1.54) is 40.8 Å². The second-order valence-corrected chi connectivity index (χ2v) is 19.9. The molecule has 0 saturated carbocycles. The van der Waals surface area contributed by atoms with Crippen molar-refractivity contribution in [3.05, 3.63) is 152 Å². The second kappa shape index (κ2) is 10.2. The van der Waals surface area contributed by atoms with Crippen LogP contribution in [0.2, 0.25) is 0 Å². The van der Waals surface area contributed by atoms with Crippen LogP contribution in [0, 0.1) is 18.5 Å². The summed E-state index contributed by atoms with van der Waals surface area (Å²) in [6, 6.07) is 48.9. The van der Waals surface area contributed by atoms with Crippen LogP contribution in [0.1, 0.15) is 32.3 Å². The van der Waals surface area contributed by atoms with Crippen molar-refractivity contribution < 1.29 is 26.1 Å². The van der Waals surface area contributed by atoms with Crippen LogP contribution in [-0.2, 0) is 3.55 Å². The zero-order valence-electron chi connectivity index (χ0n) is 24.9. The van der Waals surface area contributed by atoms with Gasteiger partial charge in [0.15, 0.2) is 0 Å².